The fraction of sp³-hybridized carbons (Fsp3) is 0.429. The van der Waals surface area contributed by atoms with Gasteiger partial charge < -0.3 is 15.3 Å². The number of carboxylic acid groups (broad SMARTS) is 1. The van der Waals surface area contributed by atoms with E-state index in [9.17, 15) is 14.0 Å². The summed E-state index contributed by atoms with van der Waals surface area (Å²) >= 11 is 0. The van der Waals surface area contributed by atoms with Gasteiger partial charge in [-0.1, -0.05) is 12.1 Å². The van der Waals surface area contributed by atoms with E-state index in [0.717, 1.165) is 5.56 Å². The first-order valence-electron chi connectivity index (χ1n) is 6.44. The molecule has 0 aliphatic heterocycles. The number of hydrogen-bond acceptors (Lipinski definition) is 2. The Morgan fingerprint density at radius 3 is 2.55 bits per heavy atom. The van der Waals surface area contributed by atoms with E-state index >= 15 is 0 Å². The van der Waals surface area contributed by atoms with E-state index in [1.165, 1.54) is 17.0 Å². The van der Waals surface area contributed by atoms with Crippen molar-refractivity contribution >= 4 is 12.0 Å². The molecule has 0 fully saturated rings. The number of aliphatic carboxylic acids is 1. The third-order valence-corrected chi connectivity index (χ3v) is 2.83. The summed E-state index contributed by atoms with van der Waals surface area (Å²) in [5.41, 5.74) is 0.945. The van der Waals surface area contributed by atoms with Gasteiger partial charge >= 0.3 is 12.0 Å². The Morgan fingerprint density at radius 2 is 1.95 bits per heavy atom. The third-order valence-electron chi connectivity index (χ3n) is 2.83. The molecule has 0 saturated carbocycles. The van der Waals surface area contributed by atoms with Crippen molar-refractivity contribution in [2.45, 2.75) is 19.3 Å². The van der Waals surface area contributed by atoms with Crippen LogP contribution in [0.5, 0.6) is 0 Å². The number of urea groups is 1. The molecular formula is C14H19FN2O3. The summed E-state index contributed by atoms with van der Waals surface area (Å²) in [5.74, 6) is -1.15. The van der Waals surface area contributed by atoms with Gasteiger partial charge in [-0.05, 0) is 30.5 Å². The second kappa shape index (κ2) is 8.14. The molecule has 2 N–H and O–H groups in total. The van der Waals surface area contributed by atoms with Gasteiger partial charge in [-0.15, -0.1) is 0 Å². The quantitative estimate of drug-likeness (QED) is 0.802. The number of carbonyl (C=O) groups is 2. The molecule has 0 spiro atoms. The first-order valence-corrected chi connectivity index (χ1v) is 6.44. The molecule has 1 rings (SSSR count). The minimum atomic E-state index is -0.866. The monoisotopic (exact) mass is 282 g/mol. The number of nitrogens with zero attached hydrogens (tertiary/aromatic N) is 1. The molecule has 1 aromatic rings. The Bertz CT molecular complexity index is 448. The highest BCUT2D eigenvalue weighted by Gasteiger charge is 2.08. The number of carbonyl (C=O) groups excluding carboxylic acids is 1. The van der Waals surface area contributed by atoms with Crippen LogP contribution in [-0.4, -0.2) is 42.1 Å². The van der Waals surface area contributed by atoms with Crippen LogP contribution in [0.15, 0.2) is 24.3 Å². The van der Waals surface area contributed by atoms with Crippen LogP contribution in [0, 0.1) is 5.82 Å². The van der Waals surface area contributed by atoms with Crippen molar-refractivity contribution in [3.63, 3.8) is 0 Å². The molecule has 6 heteroatoms. The van der Waals surface area contributed by atoms with Gasteiger partial charge in [0.05, 0.1) is 0 Å². The van der Waals surface area contributed by atoms with E-state index in [1.807, 2.05) is 0 Å². The number of rotatable bonds is 7. The molecule has 0 bridgehead atoms. The van der Waals surface area contributed by atoms with E-state index in [4.69, 9.17) is 5.11 Å². The summed E-state index contributed by atoms with van der Waals surface area (Å²) in [6.07, 6.45) is 1.10. The van der Waals surface area contributed by atoms with Gasteiger partial charge in [0.2, 0.25) is 0 Å². The summed E-state index contributed by atoms with van der Waals surface area (Å²) < 4.78 is 12.7. The van der Waals surface area contributed by atoms with Crippen LogP contribution in [0.4, 0.5) is 9.18 Å². The maximum atomic E-state index is 12.7. The predicted octanol–water partition coefficient (Wildman–Crippen LogP) is 1.87. The summed E-state index contributed by atoms with van der Waals surface area (Å²) in [6, 6.07) is 5.89. The van der Waals surface area contributed by atoms with Crippen molar-refractivity contribution in [3.8, 4) is 0 Å². The second-order valence-corrected chi connectivity index (χ2v) is 4.53. The maximum Gasteiger partial charge on any atom is 0.317 e. The number of hydrogen-bond donors (Lipinski definition) is 2. The Balaban J connectivity index is 2.21. The molecule has 5 nitrogen and oxygen atoms in total. The number of amides is 2. The number of benzene rings is 1. The van der Waals surface area contributed by atoms with Crippen molar-refractivity contribution in [1.82, 2.24) is 10.2 Å². The lowest BCUT2D eigenvalue weighted by molar-refractivity contribution is -0.137. The Labute approximate surface area is 117 Å². The molecule has 0 atom stereocenters. The zero-order chi connectivity index (χ0) is 15.0. The third kappa shape index (κ3) is 6.17. The lowest BCUT2D eigenvalue weighted by Crippen LogP contribution is -2.38. The fourth-order valence-corrected chi connectivity index (χ4v) is 1.67. The zero-order valence-corrected chi connectivity index (χ0v) is 11.4. The van der Waals surface area contributed by atoms with Crippen molar-refractivity contribution in [2.24, 2.45) is 0 Å². The Kier molecular flexibility index (Phi) is 6.49. The van der Waals surface area contributed by atoms with Crippen LogP contribution in [-0.2, 0) is 11.2 Å². The Hall–Kier alpha value is -2.11. The average molecular weight is 282 g/mol. The normalized spacial score (nSPS) is 10.1. The van der Waals surface area contributed by atoms with Crippen LogP contribution in [0.3, 0.4) is 0 Å². The van der Waals surface area contributed by atoms with Gasteiger partial charge in [-0.2, -0.15) is 0 Å². The predicted molar refractivity (Wildman–Crippen MR) is 73.0 cm³/mol. The first-order chi connectivity index (χ1) is 9.49. The van der Waals surface area contributed by atoms with Crippen LogP contribution in [0.2, 0.25) is 0 Å². The van der Waals surface area contributed by atoms with Crippen molar-refractivity contribution < 1.29 is 19.1 Å². The van der Waals surface area contributed by atoms with Gasteiger partial charge in [-0.25, -0.2) is 9.18 Å². The molecule has 0 unspecified atom stereocenters. The molecule has 0 aromatic heterocycles. The van der Waals surface area contributed by atoms with Crippen molar-refractivity contribution in [2.75, 3.05) is 20.1 Å². The summed E-state index contributed by atoms with van der Waals surface area (Å²) in [4.78, 5) is 23.5. The molecule has 2 amide bonds. The molecule has 1 aromatic carbocycles. The highest BCUT2D eigenvalue weighted by Crippen LogP contribution is 2.03. The summed E-state index contributed by atoms with van der Waals surface area (Å²) in [7, 11) is 1.62. The molecule has 0 heterocycles. The van der Waals surface area contributed by atoms with E-state index in [2.05, 4.69) is 5.32 Å². The molecule has 0 radical (unpaired) electrons. The van der Waals surface area contributed by atoms with Gasteiger partial charge in [0, 0.05) is 26.6 Å². The topological polar surface area (TPSA) is 69.6 Å². The fourth-order valence-electron chi connectivity index (χ4n) is 1.67. The van der Waals surface area contributed by atoms with E-state index in [-0.39, 0.29) is 18.3 Å². The standard InChI is InChI=1S/C14H19FN2O3/c1-17(10-2-3-13(18)19)14(20)16-9-8-11-4-6-12(15)7-5-11/h4-7H,2-3,8-10H2,1H3,(H,16,20)(H,18,19). The second-order valence-electron chi connectivity index (χ2n) is 4.53. The van der Waals surface area contributed by atoms with E-state index < -0.39 is 5.97 Å². The minimum Gasteiger partial charge on any atom is -0.481 e. The maximum absolute atomic E-state index is 12.7. The van der Waals surface area contributed by atoms with Gasteiger partial charge in [-0.3, -0.25) is 4.79 Å². The molecule has 20 heavy (non-hydrogen) atoms. The van der Waals surface area contributed by atoms with Crippen LogP contribution < -0.4 is 5.32 Å². The summed E-state index contributed by atoms with van der Waals surface area (Å²) in [5, 5.41) is 11.2. The van der Waals surface area contributed by atoms with Gasteiger partial charge in [0.15, 0.2) is 0 Å². The molecule has 0 aliphatic carbocycles. The van der Waals surface area contributed by atoms with Gasteiger partial charge in [0.25, 0.3) is 0 Å². The molecular weight excluding hydrogens is 263 g/mol. The highest BCUT2D eigenvalue weighted by atomic mass is 19.1. The first kappa shape index (κ1) is 15.9. The largest absolute Gasteiger partial charge is 0.481 e. The lowest BCUT2D eigenvalue weighted by atomic mass is 10.1. The minimum absolute atomic E-state index is 0.0488. The highest BCUT2D eigenvalue weighted by molar-refractivity contribution is 5.73. The molecule has 0 saturated heterocycles. The smallest absolute Gasteiger partial charge is 0.317 e. The van der Waals surface area contributed by atoms with Crippen molar-refractivity contribution in [1.29, 1.82) is 0 Å². The molecule has 110 valence electrons. The van der Waals surface area contributed by atoms with E-state index in [1.54, 1.807) is 19.2 Å². The average Bonchev–Trinajstić information content (AvgIpc) is 2.40. The zero-order valence-electron chi connectivity index (χ0n) is 11.4. The number of halogens is 1. The van der Waals surface area contributed by atoms with E-state index in [0.29, 0.717) is 25.9 Å². The Morgan fingerprint density at radius 1 is 1.30 bits per heavy atom. The van der Waals surface area contributed by atoms with Crippen LogP contribution in [0.1, 0.15) is 18.4 Å². The van der Waals surface area contributed by atoms with Crippen molar-refractivity contribution in [3.05, 3.63) is 35.6 Å². The van der Waals surface area contributed by atoms with Crippen LogP contribution >= 0.6 is 0 Å². The lowest BCUT2D eigenvalue weighted by Gasteiger charge is -2.17. The van der Waals surface area contributed by atoms with Crippen LogP contribution in [0.25, 0.3) is 0 Å². The number of carboxylic acids is 1. The SMILES string of the molecule is CN(CCCC(=O)O)C(=O)NCCc1ccc(F)cc1. The molecule has 0 aliphatic rings. The summed E-state index contributed by atoms with van der Waals surface area (Å²) in [6.45, 7) is 0.850. The van der Waals surface area contributed by atoms with Gasteiger partial charge in [0.1, 0.15) is 5.82 Å². The number of nitrogens with one attached hydrogen (secondary N) is 1.